The molecule has 58 valence electrons. The van der Waals surface area contributed by atoms with Crippen molar-refractivity contribution in [2.24, 2.45) is 0 Å². The lowest BCUT2D eigenvalue weighted by molar-refractivity contribution is -0.134. The van der Waals surface area contributed by atoms with Crippen molar-refractivity contribution in [3.63, 3.8) is 0 Å². The maximum Gasteiger partial charge on any atom is 0.293 e. The normalized spacial score (nSPS) is 19.2. The molecule has 0 saturated heterocycles. The third kappa shape index (κ3) is 3.24. The molecule has 0 amide bonds. The van der Waals surface area contributed by atoms with Crippen LogP contribution >= 0.6 is 0 Å². The predicted molar refractivity (Wildman–Crippen MR) is 44.0 cm³/mol. The molecule has 1 saturated carbocycles. The molecule has 0 N–H and O–H groups in total. The summed E-state index contributed by atoms with van der Waals surface area (Å²) in [5.74, 6) is 0. The molecule has 1 fully saturated rings. The van der Waals surface area contributed by atoms with Crippen molar-refractivity contribution in [1.29, 1.82) is 0 Å². The maximum absolute atomic E-state index is 9.85. The quantitative estimate of drug-likeness (QED) is 0.427. The van der Waals surface area contributed by atoms with Crippen LogP contribution in [0.2, 0.25) is 0 Å². The highest BCUT2D eigenvalue weighted by Gasteiger charge is 2.12. The van der Waals surface area contributed by atoms with Crippen LogP contribution in [0.3, 0.4) is 0 Å². The molecule has 1 aliphatic carbocycles. The number of carbonyl (C=O) groups excluding carboxylic acids is 1. The van der Waals surface area contributed by atoms with Gasteiger partial charge in [0, 0.05) is 0 Å². The summed E-state index contributed by atoms with van der Waals surface area (Å²) in [7, 11) is 0. The summed E-state index contributed by atoms with van der Waals surface area (Å²) in [5, 5.41) is 0. The molecule has 10 heavy (non-hydrogen) atoms. The maximum atomic E-state index is 9.85. The number of ether oxygens (including phenoxy) is 1. The van der Waals surface area contributed by atoms with Gasteiger partial charge in [-0.3, -0.25) is 4.79 Å². The van der Waals surface area contributed by atoms with Crippen LogP contribution in [0.4, 0.5) is 0 Å². The molecule has 0 aliphatic heterocycles. The monoisotopic (exact) mass is 158 g/mol. The van der Waals surface area contributed by atoms with Crippen LogP contribution in [-0.2, 0) is 9.53 Å². The second-order valence-corrected chi connectivity index (χ2v) is 2.49. The van der Waals surface area contributed by atoms with E-state index in [-0.39, 0.29) is 23.5 Å². The van der Waals surface area contributed by atoms with E-state index in [4.69, 9.17) is 4.74 Å². The van der Waals surface area contributed by atoms with Crippen molar-refractivity contribution in [3.05, 3.63) is 0 Å². The van der Waals surface area contributed by atoms with Crippen molar-refractivity contribution in [1.82, 2.24) is 0 Å². The molecule has 0 aromatic rings. The summed E-state index contributed by atoms with van der Waals surface area (Å²) in [5.41, 5.74) is 0. The molecule has 0 unspecified atom stereocenters. The van der Waals surface area contributed by atoms with Gasteiger partial charge in [0.05, 0.1) is 0 Å². The van der Waals surface area contributed by atoms with Gasteiger partial charge >= 0.3 is 0 Å². The minimum absolute atomic E-state index is 0. The third-order valence-electron chi connectivity index (χ3n) is 1.80. The van der Waals surface area contributed by atoms with E-state index < -0.39 is 0 Å². The lowest BCUT2D eigenvalue weighted by Crippen LogP contribution is -2.15. The van der Waals surface area contributed by atoms with Crippen LogP contribution in [0.15, 0.2) is 0 Å². The Hall–Kier alpha value is 0.00247. The average Bonchev–Trinajstić information content (AvgIpc) is 1.91. The van der Waals surface area contributed by atoms with Crippen LogP contribution in [-0.4, -0.2) is 29.9 Å². The molecule has 0 aromatic heterocycles. The summed E-state index contributed by atoms with van der Waals surface area (Å²) in [6, 6.07) is 0. The number of rotatable bonds is 2. The first-order valence-electron chi connectivity index (χ1n) is 3.52. The van der Waals surface area contributed by atoms with Gasteiger partial charge in [-0.05, 0) is 25.7 Å². The molecule has 1 aliphatic rings. The second kappa shape index (κ2) is 5.76. The van der Waals surface area contributed by atoms with Crippen LogP contribution in [0.25, 0.3) is 0 Å². The summed E-state index contributed by atoms with van der Waals surface area (Å²) in [4.78, 5) is 9.85. The standard InChI is InChI=1S/C7H12O2.Al.3H/c8-6-9-7-4-2-1-3-5-7;;;;/h6-7H,1-5H2;;;;. The van der Waals surface area contributed by atoms with Gasteiger partial charge in [0.15, 0.2) is 17.4 Å². The summed E-state index contributed by atoms with van der Waals surface area (Å²) in [6.07, 6.45) is 6.11. The van der Waals surface area contributed by atoms with Crippen molar-refractivity contribution in [2.75, 3.05) is 0 Å². The molecule has 2 nitrogen and oxygen atoms in total. The lowest BCUT2D eigenvalue weighted by Gasteiger charge is -2.18. The van der Waals surface area contributed by atoms with Gasteiger partial charge in [-0.1, -0.05) is 6.42 Å². The van der Waals surface area contributed by atoms with Crippen molar-refractivity contribution >= 4 is 23.8 Å². The first kappa shape index (κ1) is 10.0. The molecule has 0 aromatic carbocycles. The Bertz CT molecular complexity index is 89.6. The van der Waals surface area contributed by atoms with Crippen molar-refractivity contribution in [2.45, 2.75) is 38.2 Å². The molecule has 3 heteroatoms. The average molecular weight is 158 g/mol. The van der Waals surface area contributed by atoms with Gasteiger partial charge in [-0.25, -0.2) is 0 Å². The van der Waals surface area contributed by atoms with Crippen molar-refractivity contribution < 1.29 is 9.53 Å². The highest BCUT2D eigenvalue weighted by atomic mass is 27.0. The fourth-order valence-corrected chi connectivity index (χ4v) is 1.28. The van der Waals surface area contributed by atoms with Crippen LogP contribution < -0.4 is 0 Å². The minimum atomic E-state index is 0. The van der Waals surface area contributed by atoms with Crippen LogP contribution in [0, 0.1) is 0 Å². The van der Waals surface area contributed by atoms with Gasteiger partial charge in [0.2, 0.25) is 0 Å². The summed E-state index contributed by atoms with van der Waals surface area (Å²) < 4.78 is 4.80. The molecular weight excluding hydrogens is 143 g/mol. The number of hydrogen-bond acceptors (Lipinski definition) is 2. The van der Waals surface area contributed by atoms with E-state index in [9.17, 15) is 4.79 Å². The van der Waals surface area contributed by atoms with E-state index in [1.165, 1.54) is 19.3 Å². The predicted octanol–water partition coefficient (Wildman–Crippen LogP) is 0.308. The number of hydrogen-bond donors (Lipinski definition) is 0. The van der Waals surface area contributed by atoms with Crippen LogP contribution in [0.1, 0.15) is 32.1 Å². The summed E-state index contributed by atoms with van der Waals surface area (Å²) >= 11 is 0. The molecule has 0 atom stereocenters. The zero-order chi connectivity index (χ0) is 6.53. The lowest BCUT2D eigenvalue weighted by atomic mass is 9.98. The van der Waals surface area contributed by atoms with E-state index in [2.05, 4.69) is 0 Å². The van der Waals surface area contributed by atoms with Gasteiger partial charge < -0.3 is 4.74 Å². The fraction of sp³-hybridized carbons (Fsp3) is 0.857. The Kier molecular flexibility index (Phi) is 5.76. The largest absolute Gasteiger partial charge is 0.465 e. The van der Waals surface area contributed by atoms with Gasteiger partial charge in [0.1, 0.15) is 6.10 Å². The van der Waals surface area contributed by atoms with Gasteiger partial charge in [-0.15, -0.1) is 0 Å². The SMILES string of the molecule is O=COC1CCCCC1.[AlH3]. The zero-order valence-corrected chi connectivity index (χ0v) is 5.51. The highest BCUT2D eigenvalue weighted by Crippen LogP contribution is 2.19. The molecule has 0 heterocycles. The third-order valence-corrected chi connectivity index (χ3v) is 1.80. The van der Waals surface area contributed by atoms with E-state index in [0.717, 1.165) is 12.8 Å². The van der Waals surface area contributed by atoms with Crippen LogP contribution in [0.5, 0.6) is 0 Å². The van der Waals surface area contributed by atoms with E-state index >= 15 is 0 Å². The second-order valence-electron chi connectivity index (χ2n) is 2.49. The Morgan fingerprint density at radius 1 is 1.20 bits per heavy atom. The molecule has 1 rings (SSSR count). The van der Waals surface area contributed by atoms with E-state index in [1.807, 2.05) is 0 Å². The summed E-state index contributed by atoms with van der Waals surface area (Å²) in [6.45, 7) is 0.565. The Morgan fingerprint density at radius 3 is 2.30 bits per heavy atom. The fourth-order valence-electron chi connectivity index (χ4n) is 1.28. The van der Waals surface area contributed by atoms with Gasteiger partial charge in [0.25, 0.3) is 6.47 Å². The molecule has 0 spiro atoms. The Balaban J connectivity index is 0.000000810. The van der Waals surface area contributed by atoms with E-state index in [0.29, 0.717) is 6.47 Å². The molecular formula is C7H15AlO2. The topological polar surface area (TPSA) is 26.3 Å². The highest BCUT2D eigenvalue weighted by molar-refractivity contribution is 5.75. The smallest absolute Gasteiger partial charge is 0.293 e. The van der Waals surface area contributed by atoms with Gasteiger partial charge in [-0.2, -0.15) is 0 Å². The zero-order valence-electron chi connectivity index (χ0n) is 5.51. The first-order valence-corrected chi connectivity index (χ1v) is 3.52. The number of carbonyl (C=O) groups is 1. The molecule has 0 radical (unpaired) electrons. The molecule has 0 bridgehead atoms. The van der Waals surface area contributed by atoms with Crippen molar-refractivity contribution in [3.8, 4) is 0 Å². The minimum Gasteiger partial charge on any atom is -0.465 e. The Morgan fingerprint density at radius 2 is 1.80 bits per heavy atom. The van der Waals surface area contributed by atoms with E-state index in [1.54, 1.807) is 0 Å². The Labute approximate surface area is 72.1 Å². The first-order chi connectivity index (χ1) is 4.43.